The van der Waals surface area contributed by atoms with Gasteiger partial charge in [-0.2, -0.15) is 0 Å². The Balaban J connectivity index is 2.13. The van der Waals surface area contributed by atoms with E-state index < -0.39 is 6.10 Å². The lowest BCUT2D eigenvalue weighted by molar-refractivity contribution is -0.149. The molecule has 2 atom stereocenters. The van der Waals surface area contributed by atoms with Gasteiger partial charge in [0.05, 0.1) is 18.6 Å². The molecule has 0 heterocycles. The van der Waals surface area contributed by atoms with Crippen LogP contribution < -0.4 is 5.32 Å². The van der Waals surface area contributed by atoms with Gasteiger partial charge >= 0.3 is 5.97 Å². The van der Waals surface area contributed by atoms with Crippen LogP contribution in [0.15, 0.2) is 30.3 Å². The number of hydrogen-bond donors (Lipinski definition) is 2. The zero-order chi connectivity index (χ0) is 15.5. The third-order valence-corrected chi connectivity index (χ3v) is 3.09. The highest BCUT2D eigenvalue weighted by Crippen LogP contribution is 2.04. The number of carbonyl (C=O) groups is 1. The van der Waals surface area contributed by atoms with E-state index >= 15 is 0 Å². The van der Waals surface area contributed by atoms with E-state index in [0.717, 1.165) is 5.56 Å². The van der Waals surface area contributed by atoms with Crippen molar-refractivity contribution in [3.8, 4) is 0 Å². The molecule has 21 heavy (non-hydrogen) atoms. The summed E-state index contributed by atoms with van der Waals surface area (Å²) in [5, 5.41) is 12.6. The fourth-order valence-corrected chi connectivity index (χ4v) is 1.82. The molecule has 1 rings (SSSR count). The van der Waals surface area contributed by atoms with Crippen molar-refractivity contribution in [2.24, 2.45) is 5.92 Å². The summed E-state index contributed by atoms with van der Waals surface area (Å²) in [5.74, 6) is -0.433. The molecule has 0 aromatic heterocycles. The summed E-state index contributed by atoms with van der Waals surface area (Å²) in [5.41, 5.74) is 0.980. The third kappa shape index (κ3) is 7.80. The lowest BCUT2D eigenvalue weighted by Gasteiger charge is -2.14. The van der Waals surface area contributed by atoms with E-state index in [4.69, 9.17) is 9.47 Å². The minimum Gasteiger partial charge on any atom is -0.461 e. The Bertz CT molecular complexity index is 397. The van der Waals surface area contributed by atoms with Crippen LogP contribution in [0.1, 0.15) is 18.9 Å². The van der Waals surface area contributed by atoms with Crippen LogP contribution in [0.4, 0.5) is 0 Å². The highest BCUT2D eigenvalue weighted by Gasteiger charge is 2.14. The molecule has 5 heteroatoms. The van der Waals surface area contributed by atoms with E-state index in [2.05, 4.69) is 5.32 Å². The lowest BCUT2D eigenvalue weighted by Crippen LogP contribution is -2.30. The van der Waals surface area contributed by atoms with Crippen molar-refractivity contribution in [3.05, 3.63) is 35.9 Å². The van der Waals surface area contributed by atoms with Gasteiger partial charge in [-0.25, -0.2) is 0 Å². The average Bonchev–Trinajstić information content (AvgIpc) is 2.50. The molecule has 2 unspecified atom stereocenters. The summed E-state index contributed by atoms with van der Waals surface area (Å²) in [6.07, 6.45) is 0.127. The molecule has 0 saturated heterocycles. The fraction of sp³-hybridized carbons (Fsp3) is 0.562. The summed E-state index contributed by atoms with van der Waals surface area (Å²) in [6, 6.07) is 9.61. The molecular weight excluding hydrogens is 270 g/mol. The van der Waals surface area contributed by atoms with Gasteiger partial charge in [0, 0.05) is 13.7 Å². The molecule has 0 fully saturated rings. The van der Waals surface area contributed by atoms with Crippen LogP contribution in [0, 0.1) is 5.92 Å². The van der Waals surface area contributed by atoms with Crippen LogP contribution in [0.3, 0.4) is 0 Å². The molecule has 2 N–H and O–H groups in total. The van der Waals surface area contributed by atoms with Crippen molar-refractivity contribution >= 4 is 5.97 Å². The highest BCUT2D eigenvalue weighted by atomic mass is 16.5. The van der Waals surface area contributed by atoms with Gasteiger partial charge in [0.25, 0.3) is 0 Å². The van der Waals surface area contributed by atoms with Gasteiger partial charge in [0.15, 0.2) is 0 Å². The van der Waals surface area contributed by atoms with Crippen LogP contribution in [0.2, 0.25) is 0 Å². The molecule has 118 valence electrons. The molecule has 0 amide bonds. The second-order valence-electron chi connectivity index (χ2n) is 5.10. The van der Waals surface area contributed by atoms with Gasteiger partial charge in [-0.05, 0) is 18.5 Å². The number of hydrogen-bond acceptors (Lipinski definition) is 5. The van der Waals surface area contributed by atoms with Gasteiger partial charge in [-0.15, -0.1) is 0 Å². The first-order valence-corrected chi connectivity index (χ1v) is 7.21. The first kappa shape index (κ1) is 17.6. The fourth-order valence-electron chi connectivity index (χ4n) is 1.82. The summed E-state index contributed by atoms with van der Waals surface area (Å²) >= 11 is 0. The standard InChI is InChI=1S/C16H25NO4/c1-13(10-17-9-8-15(18)12-20-2)16(19)21-11-14-6-4-3-5-7-14/h3-7,13,15,17-18H,8-12H2,1-2H3. The van der Waals surface area contributed by atoms with Gasteiger partial charge < -0.3 is 19.9 Å². The van der Waals surface area contributed by atoms with E-state index in [1.165, 1.54) is 0 Å². The number of methoxy groups -OCH3 is 1. The van der Waals surface area contributed by atoms with Crippen molar-refractivity contribution in [2.45, 2.75) is 26.1 Å². The molecule has 1 aromatic rings. The Morgan fingerprint density at radius 2 is 2.05 bits per heavy atom. The predicted molar refractivity (Wildman–Crippen MR) is 80.8 cm³/mol. The molecule has 0 bridgehead atoms. The number of benzene rings is 1. The lowest BCUT2D eigenvalue weighted by atomic mass is 10.2. The Morgan fingerprint density at radius 1 is 1.33 bits per heavy atom. The zero-order valence-electron chi connectivity index (χ0n) is 12.7. The molecular formula is C16H25NO4. The predicted octanol–water partition coefficient (Wildman–Crippen LogP) is 1.35. The summed E-state index contributed by atoms with van der Waals surface area (Å²) in [6.45, 7) is 3.63. The van der Waals surface area contributed by atoms with E-state index in [0.29, 0.717) is 32.7 Å². The number of aliphatic hydroxyl groups is 1. The topological polar surface area (TPSA) is 67.8 Å². The quantitative estimate of drug-likeness (QED) is 0.504. The van der Waals surface area contributed by atoms with Gasteiger partial charge in [-0.3, -0.25) is 4.79 Å². The number of carbonyl (C=O) groups excluding carboxylic acids is 1. The summed E-state index contributed by atoms with van der Waals surface area (Å²) in [7, 11) is 1.56. The third-order valence-electron chi connectivity index (χ3n) is 3.09. The number of rotatable bonds is 10. The van der Waals surface area contributed by atoms with Crippen LogP contribution >= 0.6 is 0 Å². The molecule has 0 aliphatic heterocycles. The smallest absolute Gasteiger partial charge is 0.310 e. The second kappa shape index (κ2) is 10.3. The Hall–Kier alpha value is -1.43. The van der Waals surface area contributed by atoms with Crippen LogP contribution in [-0.2, 0) is 20.9 Å². The van der Waals surface area contributed by atoms with Crippen LogP contribution in [0.25, 0.3) is 0 Å². The van der Waals surface area contributed by atoms with Crippen molar-refractivity contribution in [1.82, 2.24) is 5.32 Å². The number of nitrogens with one attached hydrogen (secondary N) is 1. The van der Waals surface area contributed by atoms with Crippen molar-refractivity contribution in [1.29, 1.82) is 0 Å². The first-order valence-electron chi connectivity index (χ1n) is 7.21. The van der Waals surface area contributed by atoms with Crippen molar-refractivity contribution in [2.75, 3.05) is 26.8 Å². The molecule has 0 spiro atoms. The molecule has 0 aliphatic carbocycles. The second-order valence-corrected chi connectivity index (χ2v) is 5.10. The minimum absolute atomic E-state index is 0.215. The van der Waals surface area contributed by atoms with E-state index in [1.807, 2.05) is 37.3 Å². The van der Waals surface area contributed by atoms with Crippen LogP contribution in [-0.4, -0.2) is 44.0 Å². The van der Waals surface area contributed by atoms with E-state index in [-0.39, 0.29) is 11.9 Å². The molecule has 0 saturated carbocycles. The Kier molecular flexibility index (Phi) is 8.66. The number of ether oxygens (including phenoxy) is 2. The van der Waals surface area contributed by atoms with E-state index in [9.17, 15) is 9.90 Å². The van der Waals surface area contributed by atoms with Crippen molar-refractivity contribution in [3.63, 3.8) is 0 Å². The monoisotopic (exact) mass is 295 g/mol. The Morgan fingerprint density at radius 3 is 2.71 bits per heavy atom. The minimum atomic E-state index is -0.470. The SMILES string of the molecule is COCC(O)CCNCC(C)C(=O)OCc1ccccc1. The van der Waals surface area contributed by atoms with Gasteiger partial charge in [0.1, 0.15) is 6.61 Å². The largest absolute Gasteiger partial charge is 0.461 e. The maximum absolute atomic E-state index is 11.8. The highest BCUT2D eigenvalue weighted by molar-refractivity contribution is 5.72. The summed E-state index contributed by atoms with van der Waals surface area (Å²) < 4.78 is 10.1. The maximum atomic E-state index is 11.8. The molecule has 5 nitrogen and oxygen atoms in total. The molecule has 0 radical (unpaired) electrons. The van der Waals surface area contributed by atoms with Crippen molar-refractivity contribution < 1.29 is 19.4 Å². The normalized spacial score (nSPS) is 13.7. The maximum Gasteiger partial charge on any atom is 0.310 e. The van der Waals surface area contributed by atoms with Gasteiger partial charge in [0.2, 0.25) is 0 Å². The molecule has 0 aliphatic rings. The average molecular weight is 295 g/mol. The van der Waals surface area contributed by atoms with E-state index in [1.54, 1.807) is 7.11 Å². The number of aliphatic hydroxyl groups excluding tert-OH is 1. The molecule has 1 aromatic carbocycles. The summed E-state index contributed by atoms with van der Waals surface area (Å²) in [4.78, 5) is 11.8. The number of esters is 1. The first-order chi connectivity index (χ1) is 10.1. The van der Waals surface area contributed by atoms with Crippen LogP contribution in [0.5, 0.6) is 0 Å². The van der Waals surface area contributed by atoms with Gasteiger partial charge in [-0.1, -0.05) is 37.3 Å². The zero-order valence-corrected chi connectivity index (χ0v) is 12.7. The Labute approximate surface area is 126 Å².